The molecule has 2 aliphatic rings. The molecule has 0 unspecified atom stereocenters. The second-order valence-corrected chi connectivity index (χ2v) is 10.6. The molecule has 1 atom stereocenters. The van der Waals surface area contributed by atoms with E-state index in [1.807, 2.05) is 0 Å². The molecule has 0 bridgehead atoms. The number of carbonyl (C=O) groups excluding carboxylic acids is 1. The number of urea groups is 1. The molecular formula is C20H31ClN4O4S. The van der Waals surface area contributed by atoms with Crippen LogP contribution in [0.25, 0.3) is 0 Å². The highest BCUT2D eigenvalue weighted by Crippen LogP contribution is 2.20. The van der Waals surface area contributed by atoms with Crippen LogP contribution in [-0.2, 0) is 14.8 Å². The van der Waals surface area contributed by atoms with Crippen LogP contribution in [0.4, 0.5) is 4.79 Å². The summed E-state index contributed by atoms with van der Waals surface area (Å²) in [5, 5.41) is 3.43. The van der Waals surface area contributed by atoms with Gasteiger partial charge in [0.1, 0.15) is 0 Å². The van der Waals surface area contributed by atoms with Gasteiger partial charge in [-0.1, -0.05) is 25.4 Å². The maximum atomic E-state index is 12.8. The summed E-state index contributed by atoms with van der Waals surface area (Å²) >= 11 is 5.85. The van der Waals surface area contributed by atoms with Crippen molar-refractivity contribution in [2.75, 3.05) is 59.0 Å². The Balaban J connectivity index is 1.45. The van der Waals surface area contributed by atoms with Crippen LogP contribution in [0.1, 0.15) is 13.8 Å². The third-order valence-corrected chi connectivity index (χ3v) is 7.47. The van der Waals surface area contributed by atoms with Gasteiger partial charge in [0, 0.05) is 57.4 Å². The summed E-state index contributed by atoms with van der Waals surface area (Å²) in [4.78, 5) is 16.8. The van der Waals surface area contributed by atoms with Crippen molar-refractivity contribution < 1.29 is 17.9 Å². The van der Waals surface area contributed by atoms with Gasteiger partial charge in [-0.25, -0.2) is 13.2 Å². The predicted molar refractivity (Wildman–Crippen MR) is 116 cm³/mol. The van der Waals surface area contributed by atoms with Crippen molar-refractivity contribution in [3.63, 3.8) is 0 Å². The van der Waals surface area contributed by atoms with E-state index >= 15 is 0 Å². The van der Waals surface area contributed by atoms with Crippen molar-refractivity contribution in [3.8, 4) is 0 Å². The van der Waals surface area contributed by atoms with Crippen molar-refractivity contribution in [2.24, 2.45) is 5.92 Å². The van der Waals surface area contributed by atoms with Gasteiger partial charge in [0.2, 0.25) is 10.0 Å². The van der Waals surface area contributed by atoms with Gasteiger partial charge in [-0.05, 0) is 30.2 Å². The summed E-state index contributed by atoms with van der Waals surface area (Å²) in [5.41, 5.74) is 0. The normalized spacial score (nSPS) is 21.7. The number of halogens is 1. The van der Waals surface area contributed by atoms with Gasteiger partial charge in [-0.3, -0.25) is 4.90 Å². The van der Waals surface area contributed by atoms with E-state index in [0.717, 1.165) is 19.6 Å². The minimum atomic E-state index is -3.58. The Morgan fingerprint density at radius 3 is 2.47 bits per heavy atom. The summed E-state index contributed by atoms with van der Waals surface area (Å²) < 4.78 is 32.7. The zero-order chi connectivity index (χ0) is 21.7. The molecule has 1 N–H and O–H groups in total. The Morgan fingerprint density at radius 1 is 1.17 bits per heavy atom. The minimum Gasteiger partial charge on any atom is -0.374 e. The predicted octanol–water partition coefficient (Wildman–Crippen LogP) is 1.71. The zero-order valence-corrected chi connectivity index (χ0v) is 19.2. The number of amides is 2. The Kier molecular flexibility index (Phi) is 7.98. The third-order valence-electron chi connectivity index (χ3n) is 5.30. The summed E-state index contributed by atoms with van der Waals surface area (Å²) in [7, 11) is -3.58. The standard InChI is InChI=1S/C20H31ClN4O4S/c1-16(2)14-23-11-12-29-18(15-23)13-22-20(26)24-7-9-25(10-8-24)30(27,28)19-5-3-17(21)4-6-19/h3-6,16,18H,7-15H2,1-2H3,(H,22,26)/t18-/m0/s1. The summed E-state index contributed by atoms with van der Waals surface area (Å²) in [6, 6.07) is 5.96. The molecule has 2 aliphatic heterocycles. The summed E-state index contributed by atoms with van der Waals surface area (Å²) in [6.07, 6.45) is -0.0204. The Hall–Kier alpha value is -1.39. The molecule has 1 aromatic carbocycles. The van der Waals surface area contributed by atoms with Gasteiger partial charge in [0.25, 0.3) is 0 Å². The van der Waals surface area contributed by atoms with Crippen LogP contribution >= 0.6 is 11.6 Å². The second-order valence-electron chi connectivity index (χ2n) is 8.18. The van der Waals surface area contributed by atoms with E-state index in [2.05, 4.69) is 24.1 Å². The molecule has 2 heterocycles. The molecule has 0 spiro atoms. The first-order valence-electron chi connectivity index (χ1n) is 10.4. The van der Waals surface area contributed by atoms with Crippen molar-refractivity contribution in [1.29, 1.82) is 0 Å². The Bertz CT molecular complexity index is 811. The van der Waals surface area contributed by atoms with Crippen LogP contribution in [0.3, 0.4) is 0 Å². The number of ether oxygens (including phenoxy) is 1. The molecule has 1 aromatic rings. The Morgan fingerprint density at radius 2 is 1.83 bits per heavy atom. The topological polar surface area (TPSA) is 82.2 Å². The molecule has 30 heavy (non-hydrogen) atoms. The molecule has 0 aromatic heterocycles. The van der Waals surface area contributed by atoms with Crippen LogP contribution in [0.5, 0.6) is 0 Å². The molecular weight excluding hydrogens is 428 g/mol. The third kappa shape index (κ3) is 6.07. The lowest BCUT2D eigenvalue weighted by Crippen LogP contribution is -2.55. The number of nitrogens with zero attached hydrogens (tertiary/aromatic N) is 3. The molecule has 10 heteroatoms. The molecule has 0 aliphatic carbocycles. The number of carbonyl (C=O) groups is 1. The molecule has 0 radical (unpaired) electrons. The van der Waals surface area contributed by atoms with E-state index in [1.54, 1.807) is 17.0 Å². The maximum absolute atomic E-state index is 12.8. The van der Waals surface area contributed by atoms with E-state index in [1.165, 1.54) is 16.4 Å². The fourth-order valence-corrected chi connectivity index (χ4v) is 5.33. The smallest absolute Gasteiger partial charge is 0.317 e. The van der Waals surface area contributed by atoms with Crippen LogP contribution in [0.2, 0.25) is 5.02 Å². The maximum Gasteiger partial charge on any atom is 0.317 e. The van der Waals surface area contributed by atoms with Gasteiger partial charge in [-0.2, -0.15) is 4.31 Å². The fraction of sp³-hybridized carbons (Fsp3) is 0.650. The van der Waals surface area contributed by atoms with E-state index in [-0.39, 0.29) is 30.1 Å². The van der Waals surface area contributed by atoms with Crippen molar-refractivity contribution in [2.45, 2.75) is 24.8 Å². The highest BCUT2D eigenvalue weighted by atomic mass is 35.5. The van der Waals surface area contributed by atoms with Gasteiger partial charge < -0.3 is 15.0 Å². The average molecular weight is 459 g/mol. The summed E-state index contributed by atoms with van der Waals surface area (Å²) in [6.45, 7) is 9.51. The quantitative estimate of drug-likeness (QED) is 0.701. The minimum absolute atomic E-state index is 0.0204. The van der Waals surface area contributed by atoms with Crippen molar-refractivity contribution in [1.82, 2.24) is 19.4 Å². The average Bonchev–Trinajstić information content (AvgIpc) is 2.72. The number of rotatable bonds is 6. The second kappa shape index (κ2) is 10.3. The number of morpholine rings is 1. The SMILES string of the molecule is CC(C)CN1CCO[C@@H](CNC(=O)N2CCN(S(=O)(=O)c3ccc(Cl)cc3)CC2)C1. The van der Waals surface area contributed by atoms with Gasteiger partial charge >= 0.3 is 6.03 Å². The van der Waals surface area contributed by atoms with Crippen LogP contribution < -0.4 is 5.32 Å². The van der Waals surface area contributed by atoms with Crippen molar-refractivity contribution >= 4 is 27.7 Å². The first kappa shape index (κ1) is 23.3. The highest BCUT2D eigenvalue weighted by molar-refractivity contribution is 7.89. The fourth-order valence-electron chi connectivity index (χ4n) is 3.79. The van der Waals surface area contributed by atoms with E-state index in [0.29, 0.717) is 37.2 Å². The molecule has 8 nitrogen and oxygen atoms in total. The zero-order valence-electron chi connectivity index (χ0n) is 17.6. The molecule has 0 saturated carbocycles. The molecule has 2 fully saturated rings. The molecule has 2 saturated heterocycles. The van der Waals surface area contributed by atoms with Crippen LogP contribution in [0.15, 0.2) is 29.2 Å². The van der Waals surface area contributed by atoms with Crippen LogP contribution in [-0.4, -0.2) is 93.6 Å². The number of sulfonamides is 1. The van der Waals surface area contributed by atoms with E-state index in [9.17, 15) is 13.2 Å². The summed E-state index contributed by atoms with van der Waals surface area (Å²) in [5.74, 6) is 0.596. The van der Waals surface area contributed by atoms with Gasteiger partial charge in [0.15, 0.2) is 0 Å². The first-order valence-corrected chi connectivity index (χ1v) is 12.2. The number of nitrogens with one attached hydrogen (secondary N) is 1. The lowest BCUT2D eigenvalue weighted by atomic mass is 10.2. The molecule has 3 rings (SSSR count). The molecule has 168 valence electrons. The van der Waals surface area contributed by atoms with E-state index in [4.69, 9.17) is 16.3 Å². The lowest BCUT2D eigenvalue weighted by molar-refractivity contribution is -0.0294. The Labute approximate surface area is 184 Å². The molecule has 2 amide bonds. The lowest BCUT2D eigenvalue weighted by Gasteiger charge is -2.36. The monoisotopic (exact) mass is 458 g/mol. The van der Waals surface area contributed by atoms with Crippen LogP contribution in [0, 0.1) is 5.92 Å². The number of hydrogen-bond acceptors (Lipinski definition) is 5. The first-order chi connectivity index (χ1) is 14.3. The van der Waals surface area contributed by atoms with Gasteiger partial charge in [-0.15, -0.1) is 0 Å². The van der Waals surface area contributed by atoms with Crippen molar-refractivity contribution in [3.05, 3.63) is 29.3 Å². The van der Waals surface area contributed by atoms with E-state index < -0.39 is 10.0 Å². The highest BCUT2D eigenvalue weighted by Gasteiger charge is 2.30. The van der Waals surface area contributed by atoms with Gasteiger partial charge in [0.05, 0.1) is 17.6 Å². The number of hydrogen-bond donors (Lipinski definition) is 1. The number of piperazine rings is 1. The largest absolute Gasteiger partial charge is 0.374 e. The number of benzene rings is 1.